The van der Waals surface area contributed by atoms with Gasteiger partial charge in [0, 0.05) is 12.5 Å². The standard InChI is InChI=1S/C12H14F3N.ClH/c1-8-6-16-7-11(8)9-3-2-4-10(5-9)12(13,14)15;/h2-5,8,11,16H,6-7H2,1H3;1H. The van der Waals surface area contributed by atoms with E-state index in [9.17, 15) is 13.2 Å². The quantitative estimate of drug-likeness (QED) is 0.820. The molecular formula is C12H15ClF3N. The molecule has 1 aromatic rings. The average molecular weight is 266 g/mol. The van der Waals surface area contributed by atoms with E-state index in [1.54, 1.807) is 6.07 Å². The van der Waals surface area contributed by atoms with Gasteiger partial charge in [-0.25, -0.2) is 0 Å². The molecule has 2 unspecified atom stereocenters. The molecule has 5 heteroatoms. The first-order valence-electron chi connectivity index (χ1n) is 5.36. The van der Waals surface area contributed by atoms with Crippen LogP contribution in [0.2, 0.25) is 0 Å². The number of hydrogen-bond donors (Lipinski definition) is 1. The highest BCUT2D eigenvalue weighted by Gasteiger charge is 2.32. The fourth-order valence-electron chi connectivity index (χ4n) is 2.20. The van der Waals surface area contributed by atoms with Crippen molar-refractivity contribution in [2.24, 2.45) is 5.92 Å². The van der Waals surface area contributed by atoms with Gasteiger partial charge in [0.05, 0.1) is 5.56 Å². The third kappa shape index (κ3) is 3.13. The Morgan fingerprint density at radius 1 is 1.24 bits per heavy atom. The molecule has 0 aliphatic carbocycles. The zero-order valence-electron chi connectivity index (χ0n) is 9.42. The van der Waals surface area contributed by atoms with E-state index in [2.05, 4.69) is 12.2 Å². The lowest BCUT2D eigenvalue weighted by Gasteiger charge is -2.16. The Bertz CT molecular complexity index is 378. The van der Waals surface area contributed by atoms with Crippen molar-refractivity contribution in [3.8, 4) is 0 Å². The predicted molar refractivity (Wildman–Crippen MR) is 63.5 cm³/mol. The monoisotopic (exact) mass is 265 g/mol. The first-order valence-corrected chi connectivity index (χ1v) is 5.36. The Morgan fingerprint density at radius 2 is 1.94 bits per heavy atom. The molecule has 0 radical (unpaired) electrons. The number of benzene rings is 1. The van der Waals surface area contributed by atoms with Crippen molar-refractivity contribution < 1.29 is 13.2 Å². The molecule has 1 N–H and O–H groups in total. The van der Waals surface area contributed by atoms with Crippen molar-refractivity contribution in [2.45, 2.75) is 19.0 Å². The van der Waals surface area contributed by atoms with Crippen molar-refractivity contribution in [1.29, 1.82) is 0 Å². The van der Waals surface area contributed by atoms with Gasteiger partial charge in [0.25, 0.3) is 0 Å². The van der Waals surface area contributed by atoms with Crippen LogP contribution in [0.1, 0.15) is 24.0 Å². The van der Waals surface area contributed by atoms with Crippen LogP contribution >= 0.6 is 12.4 Å². The molecule has 1 fully saturated rings. The second kappa shape index (κ2) is 5.27. The molecule has 96 valence electrons. The van der Waals surface area contributed by atoms with E-state index >= 15 is 0 Å². The highest BCUT2D eigenvalue weighted by molar-refractivity contribution is 5.85. The van der Waals surface area contributed by atoms with E-state index in [4.69, 9.17) is 0 Å². The van der Waals surface area contributed by atoms with Gasteiger partial charge in [0.1, 0.15) is 0 Å². The van der Waals surface area contributed by atoms with Crippen LogP contribution in [0.25, 0.3) is 0 Å². The van der Waals surface area contributed by atoms with Crippen LogP contribution in [0.5, 0.6) is 0 Å². The van der Waals surface area contributed by atoms with Crippen LogP contribution in [0.15, 0.2) is 24.3 Å². The van der Waals surface area contributed by atoms with Gasteiger partial charge < -0.3 is 5.32 Å². The zero-order chi connectivity index (χ0) is 11.8. The maximum absolute atomic E-state index is 12.5. The van der Waals surface area contributed by atoms with Gasteiger partial charge in [-0.05, 0) is 24.1 Å². The zero-order valence-corrected chi connectivity index (χ0v) is 10.2. The van der Waals surface area contributed by atoms with Crippen LogP contribution < -0.4 is 5.32 Å². The molecular weight excluding hydrogens is 251 g/mol. The Kier molecular flexibility index (Phi) is 4.44. The van der Waals surface area contributed by atoms with Gasteiger partial charge in [-0.1, -0.05) is 25.1 Å². The minimum absolute atomic E-state index is 0. The van der Waals surface area contributed by atoms with Crippen LogP contribution in [0.4, 0.5) is 13.2 Å². The largest absolute Gasteiger partial charge is 0.416 e. The minimum Gasteiger partial charge on any atom is -0.316 e. The number of nitrogens with one attached hydrogen (secondary N) is 1. The van der Waals surface area contributed by atoms with Crippen molar-refractivity contribution in [2.75, 3.05) is 13.1 Å². The van der Waals surface area contributed by atoms with Gasteiger partial charge in [-0.3, -0.25) is 0 Å². The van der Waals surface area contributed by atoms with Crippen LogP contribution in [-0.2, 0) is 6.18 Å². The van der Waals surface area contributed by atoms with Gasteiger partial charge in [-0.2, -0.15) is 13.2 Å². The number of halogens is 4. The summed E-state index contributed by atoms with van der Waals surface area (Å²) in [5, 5.41) is 3.20. The van der Waals surface area contributed by atoms with Crippen LogP contribution in [-0.4, -0.2) is 13.1 Å². The molecule has 0 aromatic heterocycles. The summed E-state index contributed by atoms with van der Waals surface area (Å²) in [7, 11) is 0. The van der Waals surface area contributed by atoms with E-state index in [1.807, 2.05) is 0 Å². The lowest BCUT2D eigenvalue weighted by Crippen LogP contribution is -2.10. The molecule has 2 atom stereocenters. The van der Waals surface area contributed by atoms with E-state index in [0.29, 0.717) is 5.92 Å². The molecule has 1 nitrogen and oxygen atoms in total. The normalized spacial score (nSPS) is 24.5. The third-order valence-corrected chi connectivity index (χ3v) is 3.16. The SMILES string of the molecule is CC1CNCC1c1cccc(C(F)(F)F)c1.Cl. The van der Waals surface area contributed by atoms with Crippen molar-refractivity contribution in [1.82, 2.24) is 5.32 Å². The highest BCUT2D eigenvalue weighted by atomic mass is 35.5. The number of hydrogen-bond acceptors (Lipinski definition) is 1. The molecule has 0 spiro atoms. The van der Waals surface area contributed by atoms with Crippen LogP contribution in [0, 0.1) is 5.92 Å². The summed E-state index contributed by atoms with van der Waals surface area (Å²) in [6, 6.07) is 5.66. The maximum atomic E-state index is 12.5. The molecule has 1 saturated heterocycles. The summed E-state index contributed by atoms with van der Waals surface area (Å²) < 4.78 is 37.6. The van der Waals surface area contributed by atoms with Crippen molar-refractivity contribution in [3.63, 3.8) is 0 Å². The molecule has 0 saturated carbocycles. The number of alkyl halides is 3. The molecule has 0 amide bonds. The fourth-order valence-corrected chi connectivity index (χ4v) is 2.20. The summed E-state index contributed by atoms with van der Waals surface area (Å²) in [4.78, 5) is 0. The van der Waals surface area contributed by atoms with E-state index in [1.165, 1.54) is 12.1 Å². The molecule has 1 heterocycles. The summed E-state index contributed by atoms with van der Waals surface area (Å²) in [6.07, 6.45) is -4.24. The fraction of sp³-hybridized carbons (Fsp3) is 0.500. The Balaban J connectivity index is 0.00000144. The summed E-state index contributed by atoms with van der Waals surface area (Å²) in [6.45, 7) is 3.70. The summed E-state index contributed by atoms with van der Waals surface area (Å²) in [5.41, 5.74) is 0.233. The van der Waals surface area contributed by atoms with Crippen molar-refractivity contribution in [3.05, 3.63) is 35.4 Å². The highest BCUT2D eigenvalue weighted by Crippen LogP contribution is 2.33. The van der Waals surface area contributed by atoms with E-state index in [-0.39, 0.29) is 18.3 Å². The Hall–Kier alpha value is -0.740. The summed E-state index contributed by atoms with van der Waals surface area (Å²) in [5.74, 6) is 0.589. The molecule has 1 aliphatic rings. The Labute approximate surface area is 105 Å². The smallest absolute Gasteiger partial charge is 0.316 e. The molecule has 1 aliphatic heterocycles. The van der Waals surface area contributed by atoms with Gasteiger partial charge in [0.15, 0.2) is 0 Å². The number of rotatable bonds is 1. The Morgan fingerprint density at radius 3 is 2.47 bits per heavy atom. The average Bonchev–Trinajstić information content (AvgIpc) is 2.63. The maximum Gasteiger partial charge on any atom is 0.416 e. The lowest BCUT2D eigenvalue weighted by atomic mass is 9.89. The lowest BCUT2D eigenvalue weighted by molar-refractivity contribution is -0.137. The molecule has 1 aromatic carbocycles. The second-order valence-electron chi connectivity index (χ2n) is 4.37. The van der Waals surface area contributed by atoms with Gasteiger partial charge >= 0.3 is 6.18 Å². The first-order chi connectivity index (χ1) is 7.48. The minimum atomic E-state index is -4.24. The molecule has 0 bridgehead atoms. The molecule has 2 rings (SSSR count). The van der Waals surface area contributed by atoms with E-state index in [0.717, 1.165) is 24.7 Å². The predicted octanol–water partition coefficient (Wildman–Crippen LogP) is 3.45. The first kappa shape index (κ1) is 14.3. The van der Waals surface area contributed by atoms with Crippen molar-refractivity contribution >= 4 is 12.4 Å². The van der Waals surface area contributed by atoms with Gasteiger partial charge in [-0.15, -0.1) is 12.4 Å². The second-order valence-corrected chi connectivity index (χ2v) is 4.37. The molecule has 17 heavy (non-hydrogen) atoms. The van der Waals surface area contributed by atoms with E-state index < -0.39 is 11.7 Å². The third-order valence-electron chi connectivity index (χ3n) is 3.16. The summed E-state index contributed by atoms with van der Waals surface area (Å²) >= 11 is 0. The topological polar surface area (TPSA) is 12.0 Å². The van der Waals surface area contributed by atoms with Crippen LogP contribution in [0.3, 0.4) is 0 Å². The van der Waals surface area contributed by atoms with Gasteiger partial charge in [0.2, 0.25) is 0 Å².